The highest BCUT2D eigenvalue weighted by atomic mass is 19.1. The summed E-state index contributed by atoms with van der Waals surface area (Å²) in [7, 11) is 0. The van der Waals surface area contributed by atoms with Crippen LogP contribution < -0.4 is 10.2 Å². The number of benzene rings is 2. The first-order valence-corrected chi connectivity index (χ1v) is 7.97. The minimum atomic E-state index is -0.406. The van der Waals surface area contributed by atoms with Crippen molar-refractivity contribution < 1.29 is 9.18 Å². The molecule has 0 saturated carbocycles. The Morgan fingerprint density at radius 2 is 1.88 bits per heavy atom. The lowest BCUT2D eigenvalue weighted by molar-refractivity contribution is 0.0984. The van der Waals surface area contributed by atoms with E-state index in [4.69, 9.17) is 0 Å². The Balaban J connectivity index is 1.60. The second-order valence-corrected chi connectivity index (χ2v) is 5.71. The number of hydrogen-bond donors (Lipinski definition) is 1. The van der Waals surface area contributed by atoms with Crippen LogP contribution in [0.2, 0.25) is 0 Å². The first-order chi connectivity index (χ1) is 12.2. The van der Waals surface area contributed by atoms with E-state index >= 15 is 0 Å². The van der Waals surface area contributed by atoms with Gasteiger partial charge in [0.2, 0.25) is 5.95 Å². The summed E-state index contributed by atoms with van der Waals surface area (Å²) < 4.78 is 13.8. The number of rotatable bonds is 3. The first-order valence-electron chi connectivity index (χ1n) is 7.97. The lowest BCUT2D eigenvalue weighted by atomic mass is 10.2. The Hall–Kier alpha value is -3.28. The molecule has 6 heteroatoms. The average molecular weight is 334 g/mol. The molecule has 0 radical (unpaired) electrons. The fourth-order valence-electron chi connectivity index (χ4n) is 2.91. The predicted octanol–water partition coefficient (Wildman–Crippen LogP) is 3.56. The second-order valence-electron chi connectivity index (χ2n) is 5.71. The fraction of sp³-hybridized carbons (Fsp3) is 0.105. The summed E-state index contributed by atoms with van der Waals surface area (Å²) in [6.45, 7) is 0.623. The number of para-hydroxylation sites is 2. The van der Waals surface area contributed by atoms with Crippen molar-refractivity contribution in [1.82, 2.24) is 9.97 Å². The summed E-state index contributed by atoms with van der Waals surface area (Å²) in [4.78, 5) is 22.8. The quantitative estimate of drug-likeness (QED) is 0.796. The molecule has 5 nitrogen and oxygen atoms in total. The lowest BCUT2D eigenvalue weighted by Crippen LogP contribution is -2.29. The summed E-state index contributed by atoms with van der Waals surface area (Å²) >= 11 is 0. The smallest absolute Gasteiger partial charge is 0.277 e. The summed E-state index contributed by atoms with van der Waals surface area (Å²) in [6, 6.07) is 15.6. The molecule has 1 amide bonds. The standard InChI is InChI=1S/C19H15FN4O/c20-14-6-2-3-7-15(14)22-19-21-11-9-16(23-19)18(25)24-12-10-13-5-1-4-8-17(13)24/h1-9,11H,10,12H2,(H,21,22,23). The van der Waals surface area contributed by atoms with Gasteiger partial charge in [0.25, 0.3) is 5.91 Å². The molecule has 0 bridgehead atoms. The summed E-state index contributed by atoms with van der Waals surface area (Å²) in [5.41, 5.74) is 2.59. The molecule has 1 N–H and O–H groups in total. The minimum absolute atomic E-state index is 0.184. The van der Waals surface area contributed by atoms with Gasteiger partial charge in [-0.15, -0.1) is 0 Å². The van der Waals surface area contributed by atoms with Crippen molar-refractivity contribution in [3.05, 3.63) is 77.9 Å². The van der Waals surface area contributed by atoms with Gasteiger partial charge in [-0.25, -0.2) is 14.4 Å². The van der Waals surface area contributed by atoms with Crippen LogP contribution in [0.3, 0.4) is 0 Å². The van der Waals surface area contributed by atoms with Crippen molar-refractivity contribution in [2.45, 2.75) is 6.42 Å². The van der Waals surface area contributed by atoms with E-state index in [2.05, 4.69) is 15.3 Å². The minimum Gasteiger partial charge on any atom is -0.322 e. The molecule has 124 valence electrons. The van der Waals surface area contributed by atoms with E-state index in [0.717, 1.165) is 17.7 Å². The van der Waals surface area contributed by atoms with E-state index in [1.165, 1.54) is 12.3 Å². The number of amides is 1. The van der Waals surface area contributed by atoms with Gasteiger partial charge in [-0.1, -0.05) is 30.3 Å². The van der Waals surface area contributed by atoms with E-state index in [0.29, 0.717) is 6.54 Å². The van der Waals surface area contributed by atoms with Gasteiger partial charge in [0.05, 0.1) is 5.69 Å². The zero-order chi connectivity index (χ0) is 17.2. The molecule has 1 aliphatic rings. The third kappa shape index (κ3) is 2.94. The second kappa shape index (κ2) is 6.32. The zero-order valence-corrected chi connectivity index (χ0v) is 13.3. The maximum atomic E-state index is 13.8. The molecule has 25 heavy (non-hydrogen) atoms. The highest BCUT2D eigenvalue weighted by molar-refractivity contribution is 6.06. The maximum absolute atomic E-state index is 13.8. The van der Waals surface area contributed by atoms with Gasteiger partial charge < -0.3 is 10.2 Å². The number of hydrogen-bond acceptors (Lipinski definition) is 4. The van der Waals surface area contributed by atoms with Crippen LogP contribution >= 0.6 is 0 Å². The number of carbonyl (C=O) groups excluding carboxylic acids is 1. The van der Waals surface area contributed by atoms with E-state index in [1.54, 1.807) is 29.2 Å². The molecule has 0 atom stereocenters. The van der Waals surface area contributed by atoms with Crippen molar-refractivity contribution in [2.75, 3.05) is 16.8 Å². The molecule has 1 aliphatic heterocycles. The molecular formula is C19H15FN4O. The van der Waals surface area contributed by atoms with Gasteiger partial charge in [-0.05, 0) is 36.2 Å². The molecule has 0 aliphatic carbocycles. The van der Waals surface area contributed by atoms with Crippen LogP contribution in [0.4, 0.5) is 21.7 Å². The van der Waals surface area contributed by atoms with Gasteiger partial charge >= 0.3 is 0 Å². The molecule has 2 aromatic carbocycles. The van der Waals surface area contributed by atoms with E-state index < -0.39 is 5.82 Å². The number of nitrogens with zero attached hydrogens (tertiary/aromatic N) is 3. The van der Waals surface area contributed by atoms with Crippen LogP contribution in [0.1, 0.15) is 16.1 Å². The molecule has 0 fully saturated rings. The van der Waals surface area contributed by atoms with Crippen LogP contribution in [-0.4, -0.2) is 22.4 Å². The number of halogens is 1. The third-order valence-corrected chi connectivity index (χ3v) is 4.13. The van der Waals surface area contributed by atoms with Crippen molar-refractivity contribution in [2.24, 2.45) is 0 Å². The van der Waals surface area contributed by atoms with Gasteiger partial charge in [0.15, 0.2) is 0 Å². The van der Waals surface area contributed by atoms with Crippen molar-refractivity contribution in [1.29, 1.82) is 0 Å². The SMILES string of the molecule is O=C(c1ccnc(Nc2ccccc2F)n1)N1CCc2ccccc21. The Labute approximate surface area is 144 Å². The Morgan fingerprint density at radius 3 is 2.76 bits per heavy atom. The number of aromatic nitrogens is 2. The molecule has 4 rings (SSSR count). The van der Waals surface area contributed by atoms with Crippen LogP contribution in [-0.2, 0) is 6.42 Å². The number of nitrogens with one attached hydrogen (secondary N) is 1. The Bertz CT molecular complexity index is 944. The normalized spacial score (nSPS) is 12.8. The highest BCUT2D eigenvalue weighted by Crippen LogP contribution is 2.28. The largest absolute Gasteiger partial charge is 0.322 e. The highest BCUT2D eigenvalue weighted by Gasteiger charge is 2.26. The van der Waals surface area contributed by atoms with Crippen LogP contribution in [0, 0.1) is 5.82 Å². The van der Waals surface area contributed by atoms with Gasteiger partial charge in [-0.3, -0.25) is 4.79 Å². The molecule has 3 aromatic rings. The van der Waals surface area contributed by atoms with Crippen LogP contribution in [0.25, 0.3) is 0 Å². The molecule has 0 saturated heterocycles. The Kier molecular flexibility index (Phi) is 3.85. The molecule has 1 aromatic heterocycles. The predicted molar refractivity (Wildman–Crippen MR) is 93.5 cm³/mol. The van der Waals surface area contributed by atoms with E-state index in [9.17, 15) is 9.18 Å². The number of fused-ring (bicyclic) bond motifs is 1. The first kappa shape index (κ1) is 15.3. The van der Waals surface area contributed by atoms with Gasteiger partial charge in [0.1, 0.15) is 11.5 Å². The zero-order valence-electron chi connectivity index (χ0n) is 13.3. The summed E-state index contributed by atoms with van der Waals surface area (Å²) in [5.74, 6) is -0.413. The molecule has 0 spiro atoms. The van der Waals surface area contributed by atoms with Crippen molar-refractivity contribution in [3.63, 3.8) is 0 Å². The summed E-state index contributed by atoms with van der Waals surface area (Å²) in [6.07, 6.45) is 2.32. The summed E-state index contributed by atoms with van der Waals surface area (Å²) in [5, 5.41) is 2.81. The van der Waals surface area contributed by atoms with Crippen LogP contribution in [0.15, 0.2) is 60.8 Å². The van der Waals surface area contributed by atoms with E-state index in [1.807, 2.05) is 24.3 Å². The van der Waals surface area contributed by atoms with E-state index in [-0.39, 0.29) is 23.2 Å². The Morgan fingerprint density at radius 1 is 1.08 bits per heavy atom. The van der Waals surface area contributed by atoms with Crippen LogP contribution in [0.5, 0.6) is 0 Å². The van der Waals surface area contributed by atoms with Gasteiger partial charge in [0, 0.05) is 18.4 Å². The number of anilines is 3. The molecule has 2 heterocycles. The topological polar surface area (TPSA) is 58.1 Å². The maximum Gasteiger partial charge on any atom is 0.277 e. The fourth-order valence-corrected chi connectivity index (χ4v) is 2.91. The van der Waals surface area contributed by atoms with Crippen molar-refractivity contribution >= 4 is 23.2 Å². The molecular weight excluding hydrogens is 319 g/mol. The lowest BCUT2D eigenvalue weighted by Gasteiger charge is -2.17. The average Bonchev–Trinajstić information content (AvgIpc) is 3.07. The van der Waals surface area contributed by atoms with Crippen molar-refractivity contribution in [3.8, 4) is 0 Å². The number of carbonyl (C=O) groups is 1. The third-order valence-electron chi connectivity index (χ3n) is 4.13. The molecule has 0 unspecified atom stereocenters. The monoisotopic (exact) mass is 334 g/mol. The van der Waals surface area contributed by atoms with Gasteiger partial charge in [-0.2, -0.15) is 0 Å².